The van der Waals surface area contributed by atoms with Crippen molar-refractivity contribution >= 4 is 0 Å². The van der Waals surface area contributed by atoms with Crippen LogP contribution in [-0.2, 0) is 19.9 Å². The molecular formula is C13H22N2O. The van der Waals surface area contributed by atoms with Gasteiger partial charge in [0.15, 0.2) is 0 Å². The van der Waals surface area contributed by atoms with Gasteiger partial charge in [0.1, 0.15) is 0 Å². The van der Waals surface area contributed by atoms with Gasteiger partial charge in [0.25, 0.3) is 0 Å². The number of hydrogen-bond acceptors (Lipinski definition) is 2. The second-order valence-electron chi connectivity index (χ2n) is 4.61. The van der Waals surface area contributed by atoms with Crippen LogP contribution in [0.3, 0.4) is 0 Å². The van der Waals surface area contributed by atoms with Crippen molar-refractivity contribution in [1.29, 1.82) is 0 Å². The third-order valence-electron chi connectivity index (χ3n) is 2.84. The van der Waals surface area contributed by atoms with Crippen LogP contribution < -0.4 is 0 Å². The zero-order chi connectivity index (χ0) is 12.2. The summed E-state index contributed by atoms with van der Waals surface area (Å²) in [6.07, 6.45) is 5.00. The predicted octanol–water partition coefficient (Wildman–Crippen LogP) is 2.24. The van der Waals surface area contributed by atoms with E-state index in [4.69, 9.17) is 0 Å². The second-order valence-corrected chi connectivity index (χ2v) is 4.61. The summed E-state index contributed by atoms with van der Waals surface area (Å²) in [7, 11) is 1.93. The van der Waals surface area contributed by atoms with Gasteiger partial charge in [-0.2, -0.15) is 5.10 Å². The van der Waals surface area contributed by atoms with Crippen molar-refractivity contribution in [3.05, 3.63) is 30.1 Å². The van der Waals surface area contributed by atoms with Crippen molar-refractivity contribution < 1.29 is 5.11 Å². The lowest BCUT2D eigenvalue weighted by atomic mass is 9.94. The standard InChI is InChI=1S/C13H22N2O/c1-5-7-8-13(3,16)10-12-9-11(6-2)14-15(12)4/h5,9,16H,1,6-8,10H2,2-4H3. The van der Waals surface area contributed by atoms with E-state index in [1.165, 1.54) is 0 Å². The molecule has 0 aliphatic heterocycles. The maximum Gasteiger partial charge on any atom is 0.0677 e. The largest absolute Gasteiger partial charge is 0.390 e. The Hall–Kier alpha value is -1.09. The minimum absolute atomic E-state index is 0.643. The van der Waals surface area contributed by atoms with Gasteiger partial charge >= 0.3 is 0 Å². The van der Waals surface area contributed by atoms with Gasteiger partial charge in [-0.05, 0) is 32.3 Å². The lowest BCUT2D eigenvalue weighted by Gasteiger charge is -2.22. The minimum atomic E-state index is -0.674. The van der Waals surface area contributed by atoms with E-state index in [0.29, 0.717) is 6.42 Å². The SMILES string of the molecule is C=CCCC(C)(O)Cc1cc(CC)nn1C. The molecule has 0 aliphatic rings. The van der Waals surface area contributed by atoms with Crippen LogP contribution in [0, 0.1) is 0 Å². The molecule has 0 aromatic carbocycles. The van der Waals surface area contributed by atoms with E-state index < -0.39 is 5.60 Å². The first-order valence-corrected chi connectivity index (χ1v) is 5.83. The van der Waals surface area contributed by atoms with E-state index in [0.717, 1.165) is 30.7 Å². The summed E-state index contributed by atoms with van der Waals surface area (Å²) in [5, 5.41) is 14.6. The van der Waals surface area contributed by atoms with Crippen molar-refractivity contribution in [2.45, 2.75) is 45.1 Å². The molecule has 1 aromatic rings. The lowest BCUT2D eigenvalue weighted by molar-refractivity contribution is 0.0504. The molecule has 1 atom stereocenters. The summed E-state index contributed by atoms with van der Waals surface area (Å²) < 4.78 is 1.86. The fourth-order valence-corrected chi connectivity index (χ4v) is 1.80. The molecule has 1 unspecified atom stereocenters. The third kappa shape index (κ3) is 3.49. The van der Waals surface area contributed by atoms with E-state index in [2.05, 4.69) is 24.7 Å². The summed E-state index contributed by atoms with van der Waals surface area (Å²) in [6.45, 7) is 7.63. The maximum atomic E-state index is 10.2. The Kier molecular flexibility index (Phi) is 4.30. The lowest BCUT2D eigenvalue weighted by Crippen LogP contribution is -2.28. The van der Waals surface area contributed by atoms with Crippen molar-refractivity contribution in [1.82, 2.24) is 9.78 Å². The molecule has 0 bridgehead atoms. The normalized spacial score (nSPS) is 14.8. The molecule has 90 valence electrons. The van der Waals surface area contributed by atoms with Gasteiger partial charge in [0.2, 0.25) is 0 Å². The molecule has 3 heteroatoms. The first-order valence-electron chi connectivity index (χ1n) is 5.83. The number of rotatable bonds is 6. The molecule has 0 fully saturated rings. The first kappa shape index (κ1) is 13.0. The van der Waals surface area contributed by atoms with E-state index in [1.54, 1.807) is 0 Å². The summed E-state index contributed by atoms with van der Waals surface area (Å²) in [6, 6.07) is 2.07. The van der Waals surface area contributed by atoms with Gasteiger partial charge in [-0.25, -0.2) is 0 Å². The summed E-state index contributed by atoms with van der Waals surface area (Å²) in [5.41, 5.74) is 1.50. The first-order chi connectivity index (χ1) is 7.48. The van der Waals surface area contributed by atoms with Crippen molar-refractivity contribution in [3.8, 4) is 0 Å². The Balaban J connectivity index is 2.70. The molecule has 16 heavy (non-hydrogen) atoms. The molecule has 3 nitrogen and oxygen atoms in total. The number of aromatic nitrogens is 2. The van der Waals surface area contributed by atoms with Crippen molar-refractivity contribution in [3.63, 3.8) is 0 Å². The number of nitrogens with zero attached hydrogens (tertiary/aromatic N) is 2. The molecule has 1 N–H and O–H groups in total. The maximum absolute atomic E-state index is 10.2. The summed E-state index contributed by atoms with van der Waals surface area (Å²) in [5.74, 6) is 0. The second kappa shape index (κ2) is 5.30. The molecule has 1 heterocycles. The van der Waals surface area contributed by atoms with Gasteiger partial charge < -0.3 is 5.11 Å². The van der Waals surface area contributed by atoms with Crippen LogP contribution in [0.25, 0.3) is 0 Å². The van der Waals surface area contributed by atoms with E-state index in [-0.39, 0.29) is 0 Å². The van der Waals surface area contributed by atoms with Crippen LogP contribution in [0.15, 0.2) is 18.7 Å². The van der Waals surface area contributed by atoms with Gasteiger partial charge in [0, 0.05) is 19.2 Å². The monoisotopic (exact) mass is 222 g/mol. The minimum Gasteiger partial charge on any atom is -0.390 e. The summed E-state index contributed by atoms with van der Waals surface area (Å²) >= 11 is 0. The zero-order valence-electron chi connectivity index (χ0n) is 10.5. The van der Waals surface area contributed by atoms with Crippen LogP contribution in [0.5, 0.6) is 0 Å². The Morgan fingerprint density at radius 3 is 2.81 bits per heavy atom. The smallest absolute Gasteiger partial charge is 0.0677 e. The molecule has 1 aromatic heterocycles. The van der Waals surface area contributed by atoms with Crippen LogP contribution >= 0.6 is 0 Å². The molecule has 0 spiro atoms. The zero-order valence-corrected chi connectivity index (χ0v) is 10.5. The Bertz CT molecular complexity index is 353. The van der Waals surface area contributed by atoms with Crippen LogP contribution in [0.2, 0.25) is 0 Å². The Morgan fingerprint density at radius 2 is 2.31 bits per heavy atom. The molecule has 0 aliphatic carbocycles. The van der Waals surface area contributed by atoms with Crippen molar-refractivity contribution in [2.75, 3.05) is 0 Å². The van der Waals surface area contributed by atoms with Crippen LogP contribution in [-0.4, -0.2) is 20.5 Å². The number of aliphatic hydroxyl groups is 1. The summed E-state index contributed by atoms with van der Waals surface area (Å²) in [4.78, 5) is 0. The quantitative estimate of drug-likeness (QED) is 0.750. The van der Waals surface area contributed by atoms with Gasteiger partial charge in [-0.1, -0.05) is 13.0 Å². The Morgan fingerprint density at radius 1 is 1.62 bits per heavy atom. The predicted molar refractivity (Wildman–Crippen MR) is 66.3 cm³/mol. The fourth-order valence-electron chi connectivity index (χ4n) is 1.80. The van der Waals surface area contributed by atoms with Gasteiger partial charge in [-0.3, -0.25) is 4.68 Å². The van der Waals surface area contributed by atoms with E-state index in [1.807, 2.05) is 24.7 Å². The number of aryl methyl sites for hydroxylation is 2. The van der Waals surface area contributed by atoms with Gasteiger partial charge in [0.05, 0.1) is 11.3 Å². The van der Waals surface area contributed by atoms with Gasteiger partial charge in [-0.15, -0.1) is 6.58 Å². The molecule has 0 amide bonds. The number of allylic oxidation sites excluding steroid dienone is 1. The molecular weight excluding hydrogens is 200 g/mol. The molecule has 1 rings (SSSR count). The van der Waals surface area contributed by atoms with E-state index in [9.17, 15) is 5.11 Å². The highest BCUT2D eigenvalue weighted by Gasteiger charge is 2.22. The molecule has 0 saturated carbocycles. The molecule has 0 saturated heterocycles. The topological polar surface area (TPSA) is 38.1 Å². The Labute approximate surface area is 97.8 Å². The van der Waals surface area contributed by atoms with E-state index >= 15 is 0 Å². The third-order valence-corrected chi connectivity index (χ3v) is 2.84. The van der Waals surface area contributed by atoms with Crippen LogP contribution in [0.1, 0.15) is 38.1 Å². The van der Waals surface area contributed by atoms with Crippen LogP contribution in [0.4, 0.5) is 0 Å². The number of hydrogen-bond donors (Lipinski definition) is 1. The average molecular weight is 222 g/mol. The molecule has 0 radical (unpaired) electrons. The fraction of sp³-hybridized carbons (Fsp3) is 0.615. The highest BCUT2D eigenvalue weighted by molar-refractivity contribution is 5.12. The average Bonchev–Trinajstić information content (AvgIpc) is 2.56. The highest BCUT2D eigenvalue weighted by Crippen LogP contribution is 2.19. The highest BCUT2D eigenvalue weighted by atomic mass is 16.3. The van der Waals surface area contributed by atoms with Crippen molar-refractivity contribution in [2.24, 2.45) is 7.05 Å².